The summed E-state index contributed by atoms with van der Waals surface area (Å²) in [7, 11) is -0.0182. The molecule has 0 radical (unpaired) electrons. The average molecular weight is 340 g/mol. The number of carbonyl (C=O) groups is 2. The molecule has 0 heterocycles. The van der Waals surface area contributed by atoms with E-state index in [-0.39, 0.29) is 16.7 Å². The van der Waals surface area contributed by atoms with Crippen LogP contribution in [0, 0.1) is 5.92 Å². The van der Waals surface area contributed by atoms with Gasteiger partial charge < -0.3 is 10.2 Å². The van der Waals surface area contributed by atoms with E-state index in [1.165, 1.54) is 29.2 Å². The smallest absolute Gasteiger partial charge is 0.251 e. The molecule has 128 valence electrons. The van der Waals surface area contributed by atoms with Gasteiger partial charge in [0.2, 0.25) is 5.91 Å². The van der Waals surface area contributed by atoms with Crippen molar-refractivity contribution in [1.29, 1.82) is 0 Å². The molecule has 23 heavy (non-hydrogen) atoms. The van der Waals surface area contributed by atoms with Crippen LogP contribution in [0.4, 0.5) is 0 Å². The number of nitrogens with zero attached hydrogens (tertiary/aromatic N) is 1. The highest BCUT2D eigenvalue weighted by atomic mass is 32.2. The number of hydrogen-bond donors (Lipinski definition) is 1. The molecular formula is C16H24N2O4S. The molecule has 6 nitrogen and oxygen atoms in total. The Morgan fingerprint density at radius 1 is 1.13 bits per heavy atom. The first-order chi connectivity index (χ1) is 10.5. The quantitative estimate of drug-likeness (QED) is 0.846. The highest BCUT2D eigenvalue weighted by Crippen LogP contribution is 2.12. The normalized spacial score (nSPS) is 12.8. The Bertz CT molecular complexity index is 664. The maximum Gasteiger partial charge on any atom is 0.251 e. The van der Waals surface area contributed by atoms with Crippen LogP contribution in [-0.2, 0) is 14.6 Å². The van der Waals surface area contributed by atoms with Gasteiger partial charge in [0.1, 0.15) is 6.04 Å². The Morgan fingerprint density at radius 3 is 2.04 bits per heavy atom. The third-order valence-corrected chi connectivity index (χ3v) is 4.42. The zero-order chi connectivity index (χ0) is 17.8. The van der Waals surface area contributed by atoms with E-state index in [9.17, 15) is 18.0 Å². The first-order valence-corrected chi connectivity index (χ1v) is 9.23. The average Bonchev–Trinajstić information content (AvgIpc) is 2.44. The SMILES string of the molecule is CC(C)C[C@H](NC(=O)c1ccc(S(C)(=O)=O)cc1)C(=O)N(C)C. The summed E-state index contributed by atoms with van der Waals surface area (Å²) in [4.78, 5) is 26.1. The largest absolute Gasteiger partial charge is 0.347 e. The van der Waals surface area contributed by atoms with E-state index in [0.29, 0.717) is 12.0 Å². The Morgan fingerprint density at radius 2 is 1.65 bits per heavy atom. The van der Waals surface area contributed by atoms with Crippen molar-refractivity contribution in [3.8, 4) is 0 Å². The van der Waals surface area contributed by atoms with Crippen molar-refractivity contribution in [2.45, 2.75) is 31.2 Å². The third-order valence-electron chi connectivity index (χ3n) is 3.30. The van der Waals surface area contributed by atoms with E-state index in [1.54, 1.807) is 14.1 Å². The Labute approximate surface area is 137 Å². The van der Waals surface area contributed by atoms with E-state index < -0.39 is 21.8 Å². The molecule has 0 aliphatic carbocycles. The van der Waals surface area contributed by atoms with Crippen molar-refractivity contribution in [2.75, 3.05) is 20.4 Å². The first-order valence-electron chi connectivity index (χ1n) is 7.34. The Balaban J connectivity index is 2.92. The van der Waals surface area contributed by atoms with Crippen LogP contribution in [-0.4, -0.2) is 51.5 Å². The van der Waals surface area contributed by atoms with Gasteiger partial charge in [-0.3, -0.25) is 9.59 Å². The molecule has 2 amide bonds. The van der Waals surface area contributed by atoms with Crippen molar-refractivity contribution in [3.63, 3.8) is 0 Å². The fourth-order valence-corrected chi connectivity index (χ4v) is 2.73. The second-order valence-electron chi connectivity index (χ2n) is 6.18. The minimum atomic E-state index is -3.30. The maximum atomic E-state index is 12.3. The summed E-state index contributed by atoms with van der Waals surface area (Å²) in [5.41, 5.74) is 0.317. The van der Waals surface area contributed by atoms with Gasteiger partial charge in [-0.05, 0) is 36.6 Å². The minimum absolute atomic E-state index is 0.150. The summed E-state index contributed by atoms with van der Waals surface area (Å²) < 4.78 is 22.9. The summed E-state index contributed by atoms with van der Waals surface area (Å²) in [6.45, 7) is 3.95. The van der Waals surface area contributed by atoms with Crippen LogP contribution in [0.3, 0.4) is 0 Å². The fourth-order valence-electron chi connectivity index (χ4n) is 2.10. The lowest BCUT2D eigenvalue weighted by Crippen LogP contribution is -2.46. The van der Waals surface area contributed by atoms with Crippen molar-refractivity contribution in [1.82, 2.24) is 10.2 Å². The van der Waals surface area contributed by atoms with Crippen LogP contribution < -0.4 is 5.32 Å². The second-order valence-corrected chi connectivity index (χ2v) is 8.20. The number of rotatable bonds is 6. The van der Waals surface area contributed by atoms with Crippen LogP contribution in [0.2, 0.25) is 0 Å². The lowest BCUT2D eigenvalue weighted by atomic mass is 10.0. The summed E-state index contributed by atoms with van der Waals surface area (Å²) >= 11 is 0. The number of sulfone groups is 1. The molecule has 0 aliphatic heterocycles. The molecule has 0 saturated heterocycles. The van der Waals surface area contributed by atoms with Crippen molar-refractivity contribution >= 4 is 21.7 Å². The minimum Gasteiger partial charge on any atom is -0.347 e. The third kappa shape index (κ3) is 5.67. The monoisotopic (exact) mass is 340 g/mol. The molecule has 1 N–H and O–H groups in total. The number of carbonyl (C=O) groups excluding carboxylic acids is 2. The molecule has 0 unspecified atom stereocenters. The van der Waals surface area contributed by atoms with Crippen LogP contribution in [0.25, 0.3) is 0 Å². The van der Waals surface area contributed by atoms with E-state index in [1.807, 2.05) is 13.8 Å². The molecule has 7 heteroatoms. The summed E-state index contributed by atoms with van der Waals surface area (Å²) in [5, 5.41) is 2.72. The first kappa shape index (κ1) is 19.2. The van der Waals surface area contributed by atoms with E-state index in [2.05, 4.69) is 5.32 Å². The molecule has 0 bridgehead atoms. The van der Waals surface area contributed by atoms with Crippen molar-refractivity contribution in [3.05, 3.63) is 29.8 Å². The van der Waals surface area contributed by atoms with Gasteiger partial charge in [0.15, 0.2) is 9.84 Å². The van der Waals surface area contributed by atoms with Gasteiger partial charge in [0.05, 0.1) is 4.90 Å². The highest BCUT2D eigenvalue weighted by molar-refractivity contribution is 7.90. The maximum absolute atomic E-state index is 12.3. The summed E-state index contributed by atoms with van der Waals surface area (Å²) in [5.74, 6) is -0.317. The molecule has 1 aromatic rings. The standard InChI is InChI=1S/C16H24N2O4S/c1-11(2)10-14(16(20)18(3)4)17-15(19)12-6-8-13(9-7-12)23(5,21)22/h6-9,11,14H,10H2,1-5H3,(H,17,19)/t14-/m0/s1. The number of hydrogen-bond acceptors (Lipinski definition) is 4. The number of amides is 2. The molecule has 0 fully saturated rings. The van der Waals surface area contributed by atoms with Crippen LogP contribution in [0.5, 0.6) is 0 Å². The molecule has 0 spiro atoms. The zero-order valence-corrected chi connectivity index (χ0v) is 15.0. The molecule has 1 rings (SSSR count). The molecule has 0 saturated carbocycles. The predicted octanol–water partition coefficient (Wildman–Crippen LogP) is 1.32. The summed E-state index contributed by atoms with van der Waals surface area (Å²) in [6, 6.07) is 5.05. The molecule has 1 atom stereocenters. The van der Waals surface area contributed by atoms with Gasteiger partial charge in [-0.25, -0.2) is 8.42 Å². The van der Waals surface area contributed by atoms with Gasteiger partial charge in [0, 0.05) is 25.9 Å². The van der Waals surface area contributed by atoms with Crippen LogP contribution >= 0.6 is 0 Å². The topological polar surface area (TPSA) is 83.5 Å². The lowest BCUT2D eigenvalue weighted by Gasteiger charge is -2.23. The van der Waals surface area contributed by atoms with E-state index >= 15 is 0 Å². The predicted molar refractivity (Wildman–Crippen MR) is 89.0 cm³/mol. The number of benzene rings is 1. The van der Waals surface area contributed by atoms with Gasteiger partial charge in [0.25, 0.3) is 5.91 Å². The number of likely N-dealkylation sites (N-methyl/N-ethyl adjacent to an activating group) is 1. The van der Waals surface area contributed by atoms with E-state index in [4.69, 9.17) is 0 Å². The zero-order valence-electron chi connectivity index (χ0n) is 14.2. The molecular weight excluding hydrogens is 316 g/mol. The number of nitrogens with one attached hydrogen (secondary N) is 1. The van der Waals surface area contributed by atoms with Crippen LogP contribution in [0.15, 0.2) is 29.2 Å². The fraction of sp³-hybridized carbons (Fsp3) is 0.500. The molecule has 0 aliphatic rings. The Hall–Kier alpha value is -1.89. The summed E-state index contributed by atoms with van der Waals surface area (Å²) in [6.07, 6.45) is 1.64. The van der Waals surface area contributed by atoms with Crippen LogP contribution in [0.1, 0.15) is 30.6 Å². The van der Waals surface area contributed by atoms with E-state index in [0.717, 1.165) is 6.26 Å². The lowest BCUT2D eigenvalue weighted by molar-refractivity contribution is -0.131. The van der Waals surface area contributed by atoms with Crippen molar-refractivity contribution in [2.24, 2.45) is 5.92 Å². The van der Waals surface area contributed by atoms with Crippen molar-refractivity contribution < 1.29 is 18.0 Å². The highest BCUT2D eigenvalue weighted by Gasteiger charge is 2.24. The van der Waals surface area contributed by atoms with Gasteiger partial charge in [-0.15, -0.1) is 0 Å². The second kappa shape index (κ2) is 7.59. The molecule has 0 aromatic heterocycles. The Kier molecular flexibility index (Phi) is 6.32. The van der Waals surface area contributed by atoms with Gasteiger partial charge in [-0.2, -0.15) is 0 Å². The van der Waals surface area contributed by atoms with Gasteiger partial charge >= 0.3 is 0 Å². The van der Waals surface area contributed by atoms with Gasteiger partial charge in [-0.1, -0.05) is 13.8 Å². The molecule has 1 aromatic carbocycles.